The van der Waals surface area contributed by atoms with Crippen molar-refractivity contribution in [2.45, 2.75) is 12.0 Å². The molecule has 0 fully saturated rings. The summed E-state index contributed by atoms with van der Waals surface area (Å²) in [6.45, 7) is 0.108. The highest BCUT2D eigenvalue weighted by Crippen LogP contribution is 2.33. The van der Waals surface area contributed by atoms with Gasteiger partial charge < -0.3 is 19.9 Å². The van der Waals surface area contributed by atoms with Gasteiger partial charge in [0.15, 0.2) is 11.5 Å². The van der Waals surface area contributed by atoms with Crippen molar-refractivity contribution in [2.75, 3.05) is 20.8 Å². The minimum absolute atomic E-state index is 0.108. The standard InChI is InChI=1S/C20H21NO4S2/c1-24-16-6-5-14(10-17(16)25-2)11-19(22)21-13-20(23,15-7-9-26-12-15)18-4-3-8-27-18/h3-10,12,23H,11,13H2,1-2H3,(H,21,22). The molecule has 0 saturated heterocycles. The molecule has 1 amide bonds. The monoisotopic (exact) mass is 403 g/mol. The minimum Gasteiger partial charge on any atom is -0.493 e. The van der Waals surface area contributed by atoms with Gasteiger partial charge in [0.05, 0.1) is 27.2 Å². The van der Waals surface area contributed by atoms with Crippen LogP contribution >= 0.6 is 22.7 Å². The quantitative estimate of drug-likeness (QED) is 0.605. The first-order chi connectivity index (χ1) is 13.1. The molecule has 2 aromatic heterocycles. The maximum absolute atomic E-state index is 12.5. The van der Waals surface area contributed by atoms with Crippen molar-refractivity contribution in [3.05, 3.63) is 68.5 Å². The number of rotatable bonds is 8. The molecule has 0 aliphatic carbocycles. The van der Waals surface area contributed by atoms with Crippen LogP contribution in [0.5, 0.6) is 11.5 Å². The van der Waals surface area contributed by atoms with Gasteiger partial charge in [0.1, 0.15) is 5.60 Å². The number of thiophene rings is 2. The average molecular weight is 404 g/mol. The van der Waals surface area contributed by atoms with Crippen LogP contribution in [0.1, 0.15) is 16.0 Å². The van der Waals surface area contributed by atoms with Crippen LogP contribution in [-0.4, -0.2) is 31.8 Å². The molecule has 5 nitrogen and oxygen atoms in total. The van der Waals surface area contributed by atoms with Crippen molar-refractivity contribution in [1.29, 1.82) is 0 Å². The van der Waals surface area contributed by atoms with Crippen LogP contribution in [0.15, 0.2) is 52.5 Å². The lowest BCUT2D eigenvalue weighted by molar-refractivity contribution is -0.121. The number of carbonyl (C=O) groups is 1. The molecule has 3 rings (SSSR count). The van der Waals surface area contributed by atoms with Gasteiger partial charge in [-0.25, -0.2) is 0 Å². The molecule has 0 aliphatic rings. The molecule has 2 N–H and O–H groups in total. The third-order valence-electron chi connectivity index (χ3n) is 4.28. The number of nitrogens with one attached hydrogen (secondary N) is 1. The predicted octanol–water partition coefficient (Wildman–Crippen LogP) is 3.42. The summed E-state index contributed by atoms with van der Waals surface area (Å²) in [7, 11) is 3.13. The summed E-state index contributed by atoms with van der Waals surface area (Å²) in [6, 6.07) is 11.0. The van der Waals surface area contributed by atoms with Crippen molar-refractivity contribution in [1.82, 2.24) is 5.32 Å². The highest BCUT2D eigenvalue weighted by molar-refractivity contribution is 7.10. The number of carbonyl (C=O) groups excluding carboxylic acids is 1. The molecule has 0 saturated carbocycles. The Labute approximate surface area is 166 Å². The number of methoxy groups -OCH3 is 2. The first kappa shape index (κ1) is 19.4. The fourth-order valence-electron chi connectivity index (χ4n) is 2.81. The van der Waals surface area contributed by atoms with Gasteiger partial charge in [-0.15, -0.1) is 11.3 Å². The summed E-state index contributed by atoms with van der Waals surface area (Å²) < 4.78 is 10.5. The summed E-state index contributed by atoms with van der Waals surface area (Å²) in [5.41, 5.74) is 0.350. The van der Waals surface area contributed by atoms with E-state index in [0.29, 0.717) is 11.5 Å². The largest absolute Gasteiger partial charge is 0.493 e. The molecule has 0 aliphatic heterocycles. The van der Waals surface area contributed by atoms with E-state index in [1.54, 1.807) is 26.4 Å². The van der Waals surface area contributed by atoms with Crippen LogP contribution < -0.4 is 14.8 Å². The molecule has 0 spiro atoms. The second kappa shape index (κ2) is 8.56. The van der Waals surface area contributed by atoms with Crippen LogP contribution in [0.2, 0.25) is 0 Å². The van der Waals surface area contributed by atoms with E-state index < -0.39 is 5.60 Å². The van der Waals surface area contributed by atoms with E-state index in [-0.39, 0.29) is 18.9 Å². The normalized spacial score (nSPS) is 13.0. The highest BCUT2D eigenvalue weighted by Gasteiger charge is 2.33. The average Bonchev–Trinajstić information content (AvgIpc) is 3.40. The van der Waals surface area contributed by atoms with Gasteiger partial charge in [-0.05, 0) is 46.0 Å². The summed E-state index contributed by atoms with van der Waals surface area (Å²) >= 11 is 2.98. The maximum Gasteiger partial charge on any atom is 0.224 e. The number of hydrogen-bond donors (Lipinski definition) is 2. The lowest BCUT2D eigenvalue weighted by atomic mass is 9.94. The van der Waals surface area contributed by atoms with Crippen molar-refractivity contribution in [2.24, 2.45) is 0 Å². The Morgan fingerprint density at radius 3 is 2.59 bits per heavy atom. The number of aliphatic hydroxyl groups is 1. The van der Waals surface area contributed by atoms with Crippen molar-refractivity contribution in [3.63, 3.8) is 0 Å². The van der Waals surface area contributed by atoms with Crippen LogP contribution in [0, 0.1) is 0 Å². The van der Waals surface area contributed by atoms with Crippen molar-refractivity contribution < 1.29 is 19.4 Å². The zero-order valence-electron chi connectivity index (χ0n) is 15.1. The highest BCUT2D eigenvalue weighted by atomic mass is 32.1. The van der Waals surface area contributed by atoms with E-state index in [0.717, 1.165) is 16.0 Å². The molecule has 3 aromatic rings. The van der Waals surface area contributed by atoms with Crippen molar-refractivity contribution >= 4 is 28.6 Å². The zero-order chi connectivity index (χ0) is 19.3. The number of amides is 1. The van der Waals surface area contributed by atoms with Gasteiger partial charge in [-0.2, -0.15) is 11.3 Å². The molecule has 0 bridgehead atoms. The number of ether oxygens (including phenoxy) is 2. The Morgan fingerprint density at radius 2 is 1.96 bits per heavy atom. The Balaban J connectivity index is 1.70. The zero-order valence-corrected chi connectivity index (χ0v) is 16.7. The summed E-state index contributed by atoms with van der Waals surface area (Å²) in [5, 5.41) is 19.9. The summed E-state index contributed by atoms with van der Waals surface area (Å²) in [4.78, 5) is 13.3. The predicted molar refractivity (Wildman–Crippen MR) is 108 cm³/mol. The van der Waals surface area contributed by atoms with Gasteiger partial charge >= 0.3 is 0 Å². The van der Waals surface area contributed by atoms with E-state index in [2.05, 4.69) is 5.32 Å². The molecule has 142 valence electrons. The Hall–Kier alpha value is -2.35. The molecular weight excluding hydrogens is 382 g/mol. The van der Waals surface area contributed by atoms with Gasteiger partial charge in [0, 0.05) is 10.4 Å². The van der Waals surface area contributed by atoms with Gasteiger partial charge in [0.2, 0.25) is 5.91 Å². The van der Waals surface area contributed by atoms with Crippen LogP contribution in [0.4, 0.5) is 0 Å². The van der Waals surface area contributed by atoms with E-state index in [4.69, 9.17) is 9.47 Å². The van der Waals surface area contributed by atoms with Gasteiger partial charge in [-0.1, -0.05) is 12.1 Å². The van der Waals surface area contributed by atoms with E-state index in [9.17, 15) is 9.90 Å². The Morgan fingerprint density at radius 1 is 1.15 bits per heavy atom. The first-order valence-electron chi connectivity index (χ1n) is 8.33. The fourth-order valence-corrected chi connectivity index (χ4v) is 4.38. The Kier molecular flexibility index (Phi) is 6.15. The second-order valence-corrected chi connectivity index (χ2v) is 7.72. The third-order valence-corrected chi connectivity index (χ3v) is 5.99. The number of benzene rings is 1. The Bertz CT molecular complexity index is 841. The van der Waals surface area contributed by atoms with E-state index >= 15 is 0 Å². The molecular formula is C20H21NO4S2. The summed E-state index contributed by atoms with van der Waals surface area (Å²) in [6.07, 6.45) is 0.185. The van der Waals surface area contributed by atoms with Gasteiger partial charge in [0.25, 0.3) is 0 Å². The maximum atomic E-state index is 12.5. The molecule has 1 aromatic carbocycles. The summed E-state index contributed by atoms with van der Waals surface area (Å²) in [5.74, 6) is 1.02. The van der Waals surface area contributed by atoms with Gasteiger partial charge in [-0.3, -0.25) is 4.79 Å². The molecule has 2 heterocycles. The molecule has 0 radical (unpaired) electrons. The fraction of sp³-hybridized carbons (Fsp3) is 0.250. The molecule has 1 unspecified atom stereocenters. The third kappa shape index (κ3) is 4.32. The second-order valence-electron chi connectivity index (χ2n) is 5.99. The molecule has 27 heavy (non-hydrogen) atoms. The van der Waals surface area contributed by atoms with E-state index in [1.807, 2.05) is 40.4 Å². The van der Waals surface area contributed by atoms with Crippen LogP contribution in [0.25, 0.3) is 0 Å². The number of hydrogen-bond acceptors (Lipinski definition) is 6. The smallest absolute Gasteiger partial charge is 0.224 e. The molecule has 1 atom stereocenters. The van der Waals surface area contributed by atoms with Crippen LogP contribution in [0.3, 0.4) is 0 Å². The first-order valence-corrected chi connectivity index (χ1v) is 10.2. The van der Waals surface area contributed by atoms with E-state index in [1.165, 1.54) is 22.7 Å². The topological polar surface area (TPSA) is 67.8 Å². The van der Waals surface area contributed by atoms with Crippen molar-refractivity contribution in [3.8, 4) is 11.5 Å². The SMILES string of the molecule is COc1ccc(CC(=O)NCC(O)(c2ccsc2)c2cccs2)cc1OC. The lowest BCUT2D eigenvalue weighted by Crippen LogP contribution is -2.41. The molecule has 7 heteroatoms. The van der Waals surface area contributed by atoms with Crippen LogP contribution in [-0.2, 0) is 16.8 Å². The minimum atomic E-state index is -1.23. The lowest BCUT2D eigenvalue weighted by Gasteiger charge is -2.27.